The highest BCUT2D eigenvalue weighted by Gasteiger charge is 2.47. The highest BCUT2D eigenvalue weighted by Crippen LogP contribution is 2.50. The summed E-state index contributed by atoms with van der Waals surface area (Å²) in [6.45, 7) is 11.5. The number of aliphatic hydroxyl groups is 1. The summed E-state index contributed by atoms with van der Waals surface area (Å²) in [6.07, 6.45) is 3.22. The van der Waals surface area contributed by atoms with Crippen molar-refractivity contribution in [2.24, 2.45) is 10.8 Å². The van der Waals surface area contributed by atoms with Crippen LogP contribution in [-0.4, -0.2) is 17.3 Å². The SMILES string of the molecule is Cc1ccc(NC2(CO)CC(C)(C)CC(C)(C)C2)cc1. The molecular formula is C18H29NO. The molecule has 2 N–H and O–H groups in total. The average molecular weight is 275 g/mol. The summed E-state index contributed by atoms with van der Waals surface area (Å²) in [5.74, 6) is 0. The summed E-state index contributed by atoms with van der Waals surface area (Å²) in [5.41, 5.74) is 2.67. The van der Waals surface area contributed by atoms with E-state index in [1.54, 1.807) is 0 Å². The number of aryl methyl sites for hydroxylation is 1. The molecule has 0 unspecified atom stereocenters. The predicted molar refractivity (Wildman–Crippen MR) is 86.0 cm³/mol. The minimum Gasteiger partial charge on any atom is -0.394 e. The van der Waals surface area contributed by atoms with Gasteiger partial charge in [0.2, 0.25) is 0 Å². The van der Waals surface area contributed by atoms with E-state index in [1.165, 1.54) is 12.0 Å². The van der Waals surface area contributed by atoms with E-state index in [-0.39, 0.29) is 23.0 Å². The minimum atomic E-state index is -0.208. The smallest absolute Gasteiger partial charge is 0.0661 e. The van der Waals surface area contributed by atoms with Crippen molar-refractivity contribution in [1.29, 1.82) is 0 Å². The van der Waals surface area contributed by atoms with Gasteiger partial charge in [0, 0.05) is 5.69 Å². The minimum absolute atomic E-state index is 0.188. The van der Waals surface area contributed by atoms with Crippen molar-refractivity contribution in [2.45, 2.75) is 59.4 Å². The average Bonchev–Trinajstić information content (AvgIpc) is 2.28. The van der Waals surface area contributed by atoms with Gasteiger partial charge in [0.1, 0.15) is 0 Å². The van der Waals surface area contributed by atoms with Crippen molar-refractivity contribution in [1.82, 2.24) is 0 Å². The number of aliphatic hydroxyl groups excluding tert-OH is 1. The Morgan fingerprint density at radius 3 is 1.90 bits per heavy atom. The molecule has 0 amide bonds. The molecule has 1 aromatic carbocycles. The van der Waals surface area contributed by atoms with Crippen LogP contribution in [0.4, 0.5) is 5.69 Å². The molecule has 0 bridgehead atoms. The summed E-state index contributed by atoms with van der Waals surface area (Å²) in [5, 5.41) is 13.7. The Morgan fingerprint density at radius 2 is 1.45 bits per heavy atom. The van der Waals surface area contributed by atoms with Gasteiger partial charge in [-0.05, 0) is 49.1 Å². The summed E-state index contributed by atoms with van der Waals surface area (Å²) in [4.78, 5) is 0. The van der Waals surface area contributed by atoms with Gasteiger partial charge in [0.25, 0.3) is 0 Å². The molecule has 1 fully saturated rings. The Balaban J connectivity index is 2.26. The summed E-state index contributed by atoms with van der Waals surface area (Å²) in [6, 6.07) is 8.46. The molecule has 1 aromatic rings. The molecular weight excluding hydrogens is 246 g/mol. The largest absolute Gasteiger partial charge is 0.394 e. The maximum absolute atomic E-state index is 10.1. The molecule has 1 aliphatic carbocycles. The number of benzene rings is 1. The third-order valence-electron chi connectivity index (χ3n) is 4.35. The van der Waals surface area contributed by atoms with Crippen LogP contribution in [0, 0.1) is 17.8 Å². The predicted octanol–water partition coefficient (Wildman–Crippen LogP) is 4.37. The number of rotatable bonds is 3. The van der Waals surface area contributed by atoms with E-state index >= 15 is 0 Å². The molecule has 0 saturated heterocycles. The standard InChI is InChI=1S/C18H29NO/c1-14-6-8-15(9-7-14)19-18(13-20)11-16(2,3)10-17(4,5)12-18/h6-9,19-20H,10-13H2,1-5H3. The van der Waals surface area contributed by atoms with Crippen molar-refractivity contribution < 1.29 is 5.11 Å². The van der Waals surface area contributed by atoms with Gasteiger partial charge in [-0.15, -0.1) is 0 Å². The zero-order chi connectivity index (χ0) is 15.0. The number of nitrogens with one attached hydrogen (secondary N) is 1. The van der Waals surface area contributed by atoms with E-state index in [2.05, 4.69) is 64.2 Å². The molecule has 0 aromatic heterocycles. The molecule has 0 aliphatic heterocycles. The van der Waals surface area contributed by atoms with E-state index in [4.69, 9.17) is 0 Å². The zero-order valence-electron chi connectivity index (χ0n) is 13.6. The van der Waals surface area contributed by atoms with Gasteiger partial charge in [-0.3, -0.25) is 0 Å². The lowest BCUT2D eigenvalue weighted by Crippen LogP contribution is -2.53. The van der Waals surface area contributed by atoms with E-state index in [1.807, 2.05) is 0 Å². The lowest BCUT2D eigenvalue weighted by Gasteiger charge is -2.52. The van der Waals surface area contributed by atoms with Crippen LogP contribution in [0.1, 0.15) is 52.5 Å². The van der Waals surface area contributed by atoms with Gasteiger partial charge in [0.05, 0.1) is 12.1 Å². The molecule has 1 aliphatic rings. The van der Waals surface area contributed by atoms with Crippen molar-refractivity contribution in [3.8, 4) is 0 Å². The lowest BCUT2D eigenvalue weighted by molar-refractivity contribution is 0.0288. The monoisotopic (exact) mass is 275 g/mol. The van der Waals surface area contributed by atoms with Crippen LogP contribution >= 0.6 is 0 Å². The molecule has 0 spiro atoms. The molecule has 2 nitrogen and oxygen atoms in total. The number of anilines is 1. The van der Waals surface area contributed by atoms with Crippen LogP contribution in [0.2, 0.25) is 0 Å². The fourth-order valence-corrected chi connectivity index (χ4v) is 4.50. The Morgan fingerprint density at radius 1 is 0.950 bits per heavy atom. The summed E-state index contributed by atoms with van der Waals surface area (Å²) >= 11 is 0. The van der Waals surface area contributed by atoms with Crippen molar-refractivity contribution >= 4 is 5.69 Å². The highest BCUT2D eigenvalue weighted by molar-refractivity contribution is 5.47. The first-order valence-corrected chi connectivity index (χ1v) is 7.61. The first-order chi connectivity index (χ1) is 9.15. The Labute approximate surface area is 123 Å². The second kappa shape index (κ2) is 5.07. The molecule has 20 heavy (non-hydrogen) atoms. The zero-order valence-corrected chi connectivity index (χ0v) is 13.6. The molecule has 0 atom stereocenters. The van der Waals surface area contributed by atoms with Gasteiger partial charge in [-0.2, -0.15) is 0 Å². The number of hydrogen-bond acceptors (Lipinski definition) is 2. The van der Waals surface area contributed by atoms with Crippen LogP contribution in [0.15, 0.2) is 24.3 Å². The van der Waals surface area contributed by atoms with E-state index in [0.717, 1.165) is 18.5 Å². The Bertz CT molecular complexity index is 443. The molecule has 0 radical (unpaired) electrons. The normalized spacial score (nSPS) is 23.3. The van der Waals surface area contributed by atoms with E-state index in [0.29, 0.717) is 0 Å². The highest BCUT2D eigenvalue weighted by atomic mass is 16.3. The van der Waals surface area contributed by atoms with Crippen molar-refractivity contribution in [2.75, 3.05) is 11.9 Å². The molecule has 1 saturated carbocycles. The summed E-state index contributed by atoms with van der Waals surface area (Å²) < 4.78 is 0. The quantitative estimate of drug-likeness (QED) is 0.858. The number of hydrogen-bond donors (Lipinski definition) is 2. The van der Waals surface area contributed by atoms with Crippen LogP contribution in [-0.2, 0) is 0 Å². The van der Waals surface area contributed by atoms with Gasteiger partial charge in [-0.25, -0.2) is 0 Å². The molecule has 2 rings (SSSR count). The van der Waals surface area contributed by atoms with Gasteiger partial charge in [0.15, 0.2) is 0 Å². The fourth-order valence-electron chi connectivity index (χ4n) is 4.50. The van der Waals surface area contributed by atoms with E-state index < -0.39 is 0 Å². The molecule has 112 valence electrons. The maximum atomic E-state index is 10.1. The molecule has 2 heteroatoms. The third kappa shape index (κ3) is 3.54. The first kappa shape index (κ1) is 15.4. The second-order valence-electron chi connectivity index (χ2n) is 8.29. The van der Waals surface area contributed by atoms with Crippen LogP contribution < -0.4 is 5.32 Å². The van der Waals surface area contributed by atoms with Crippen molar-refractivity contribution in [3.63, 3.8) is 0 Å². The van der Waals surface area contributed by atoms with Gasteiger partial charge in [-0.1, -0.05) is 45.4 Å². The van der Waals surface area contributed by atoms with Crippen molar-refractivity contribution in [3.05, 3.63) is 29.8 Å². The van der Waals surface area contributed by atoms with Crippen LogP contribution in [0.25, 0.3) is 0 Å². The topological polar surface area (TPSA) is 32.3 Å². The van der Waals surface area contributed by atoms with Crippen LogP contribution in [0.3, 0.4) is 0 Å². The van der Waals surface area contributed by atoms with Gasteiger partial charge < -0.3 is 10.4 Å². The summed E-state index contributed by atoms with van der Waals surface area (Å²) in [7, 11) is 0. The molecule has 0 heterocycles. The fraction of sp³-hybridized carbons (Fsp3) is 0.667. The lowest BCUT2D eigenvalue weighted by atomic mass is 9.58. The Hall–Kier alpha value is -1.02. The van der Waals surface area contributed by atoms with Crippen LogP contribution in [0.5, 0.6) is 0 Å². The van der Waals surface area contributed by atoms with E-state index in [9.17, 15) is 5.11 Å². The second-order valence-corrected chi connectivity index (χ2v) is 8.29. The first-order valence-electron chi connectivity index (χ1n) is 7.61. The Kier molecular flexibility index (Phi) is 3.90. The third-order valence-corrected chi connectivity index (χ3v) is 4.35. The van der Waals surface area contributed by atoms with Gasteiger partial charge >= 0.3 is 0 Å². The maximum Gasteiger partial charge on any atom is 0.0661 e.